The molecular weight excluding hydrogens is 316 g/mol. The van der Waals surface area contributed by atoms with E-state index in [4.69, 9.17) is 16.3 Å². The first-order chi connectivity index (χ1) is 11.0. The van der Waals surface area contributed by atoms with Crippen molar-refractivity contribution in [1.29, 1.82) is 0 Å². The third-order valence-corrected chi connectivity index (χ3v) is 3.34. The van der Waals surface area contributed by atoms with Crippen LogP contribution in [-0.4, -0.2) is 30.4 Å². The first kappa shape index (κ1) is 17.1. The molecule has 0 spiro atoms. The molecule has 0 fully saturated rings. The number of rotatable bonds is 6. The molecule has 122 valence electrons. The lowest BCUT2D eigenvalue weighted by Crippen LogP contribution is -2.37. The molecule has 2 aromatic carbocycles. The Morgan fingerprint density at radius 1 is 1.26 bits per heavy atom. The van der Waals surface area contributed by atoms with Gasteiger partial charge in [-0.1, -0.05) is 35.9 Å². The fourth-order valence-electron chi connectivity index (χ4n) is 1.92. The van der Waals surface area contributed by atoms with Gasteiger partial charge in [0.05, 0.1) is 0 Å². The normalized spacial score (nSPS) is 11.6. The second kappa shape index (κ2) is 8.41. The number of urea groups is 1. The van der Waals surface area contributed by atoms with Crippen molar-refractivity contribution in [2.75, 3.05) is 18.5 Å². The van der Waals surface area contributed by atoms with Crippen molar-refractivity contribution in [1.82, 2.24) is 5.32 Å². The number of halogens is 1. The van der Waals surface area contributed by atoms with Crippen LogP contribution in [0, 0.1) is 6.92 Å². The molecule has 5 nitrogen and oxygen atoms in total. The minimum Gasteiger partial charge on any atom is -0.491 e. The molecule has 0 bridgehead atoms. The molecule has 0 saturated carbocycles. The standard InChI is InChI=1S/C17H19ClN2O3/c1-12-5-2-3-8-16(12)23-11-15(21)10-19-17(22)20-14-7-4-6-13(18)9-14/h2-9,15,21H,10-11H2,1H3,(H2,19,20,22). The van der Waals surface area contributed by atoms with Gasteiger partial charge in [-0.05, 0) is 36.8 Å². The molecule has 3 N–H and O–H groups in total. The number of hydrogen-bond acceptors (Lipinski definition) is 3. The number of aliphatic hydroxyl groups excluding tert-OH is 1. The number of carbonyl (C=O) groups is 1. The van der Waals surface area contributed by atoms with Crippen molar-refractivity contribution in [3.63, 3.8) is 0 Å². The van der Waals surface area contributed by atoms with E-state index < -0.39 is 12.1 Å². The molecule has 6 heteroatoms. The second-order valence-corrected chi connectivity index (χ2v) is 5.51. The van der Waals surface area contributed by atoms with Crippen LogP contribution in [-0.2, 0) is 0 Å². The molecule has 0 aromatic heterocycles. The molecule has 0 aliphatic rings. The predicted octanol–water partition coefficient (Wildman–Crippen LogP) is 3.21. The number of para-hydroxylation sites is 1. The summed E-state index contributed by atoms with van der Waals surface area (Å²) in [6.07, 6.45) is -0.806. The van der Waals surface area contributed by atoms with Crippen molar-refractivity contribution in [2.45, 2.75) is 13.0 Å². The summed E-state index contributed by atoms with van der Waals surface area (Å²) in [5, 5.41) is 15.6. The lowest BCUT2D eigenvalue weighted by molar-refractivity contribution is 0.108. The maximum atomic E-state index is 11.7. The van der Waals surface area contributed by atoms with Gasteiger partial charge in [-0.25, -0.2) is 4.79 Å². The van der Waals surface area contributed by atoms with Gasteiger partial charge in [-0.3, -0.25) is 0 Å². The van der Waals surface area contributed by atoms with E-state index in [1.165, 1.54) is 0 Å². The lowest BCUT2D eigenvalue weighted by Gasteiger charge is -2.15. The fraction of sp³-hybridized carbons (Fsp3) is 0.235. The zero-order valence-electron chi connectivity index (χ0n) is 12.8. The molecule has 1 atom stereocenters. The number of carbonyl (C=O) groups excluding carboxylic acids is 1. The van der Waals surface area contributed by atoms with E-state index >= 15 is 0 Å². The molecule has 23 heavy (non-hydrogen) atoms. The second-order valence-electron chi connectivity index (χ2n) is 5.08. The number of ether oxygens (including phenoxy) is 1. The average molecular weight is 335 g/mol. The van der Waals surface area contributed by atoms with Crippen LogP contribution in [0.1, 0.15) is 5.56 Å². The maximum absolute atomic E-state index is 11.7. The zero-order chi connectivity index (χ0) is 16.7. The van der Waals surface area contributed by atoms with Crippen LogP contribution in [0.4, 0.5) is 10.5 Å². The van der Waals surface area contributed by atoms with Crippen LogP contribution in [0.15, 0.2) is 48.5 Å². The molecule has 0 heterocycles. The SMILES string of the molecule is Cc1ccccc1OCC(O)CNC(=O)Nc1cccc(Cl)c1. The van der Waals surface area contributed by atoms with E-state index in [1.54, 1.807) is 24.3 Å². The van der Waals surface area contributed by atoms with Crippen LogP contribution in [0.3, 0.4) is 0 Å². The van der Waals surface area contributed by atoms with Gasteiger partial charge in [-0.2, -0.15) is 0 Å². The summed E-state index contributed by atoms with van der Waals surface area (Å²) in [6, 6.07) is 14.0. The maximum Gasteiger partial charge on any atom is 0.319 e. The Morgan fingerprint density at radius 2 is 2.04 bits per heavy atom. The summed E-state index contributed by atoms with van der Waals surface area (Å²) in [5.74, 6) is 0.718. The minimum absolute atomic E-state index is 0.0816. The highest BCUT2D eigenvalue weighted by Crippen LogP contribution is 2.16. The van der Waals surface area contributed by atoms with Gasteiger partial charge in [-0.15, -0.1) is 0 Å². The Hall–Kier alpha value is -2.24. The van der Waals surface area contributed by atoms with E-state index in [0.29, 0.717) is 10.7 Å². The minimum atomic E-state index is -0.806. The molecule has 0 radical (unpaired) electrons. The fourth-order valence-corrected chi connectivity index (χ4v) is 2.11. The van der Waals surface area contributed by atoms with Gasteiger partial charge < -0.3 is 20.5 Å². The molecule has 1 unspecified atom stereocenters. The Morgan fingerprint density at radius 3 is 2.78 bits per heavy atom. The summed E-state index contributed by atoms with van der Waals surface area (Å²) < 4.78 is 5.53. The topological polar surface area (TPSA) is 70.6 Å². The Kier molecular flexibility index (Phi) is 6.26. The van der Waals surface area contributed by atoms with Gasteiger partial charge >= 0.3 is 6.03 Å². The number of benzene rings is 2. The van der Waals surface area contributed by atoms with Gasteiger partial charge in [0.1, 0.15) is 18.5 Å². The van der Waals surface area contributed by atoms with Crippen LogP contribution < -0.4 is 15.4 Å². The van der Waals surface area contributed by atoms with Crippen LogP contribution in [0.5, 0.6) is 5.75 Å². The number of anilines is 1. The number of aliphatic hydroxyl groups is 1. The largest absolute Gasteiger partial charge is 0.491 e. The lowest BCUT2D eigenvalue weighted by atomic mass is 10.2. The van der Waals surface area contributed by atoms with Crippen LogP contribution in [0.2, 0.25) is 5.02 Å². The summed E-state index contributed by atoms with van der Waals surface area (Å²) in [7, 11) is 0. The van der Waals surface area contributed by atoms with E-state index in [9.17, 15) is 9.90 Å². The highest BCUT2D eigenvalue weighted by Gasteiger charge is 2.09. The molecule has 0 aliphatic carbocycles. The number of hydrogen-bond donors (Lipinski definition) is 3. The van der Waals surface area contributed by atoms with Gasteiger partial charge in [0.25, 0.3) is 0 Å². The first-order valence-corrected chi connectivity index (χ1v) is 7.59. The Balaban J connectivity index is 1.72. The summed E-state index contributed by atoms with van der Waals surface area (Å²) in [4.78, 5) is 11.7. The predicted molar refractivity (Wildman–Crippen MR) is 91.2 cm³/mol. The number of aryl methyl sites for hydroxylation is 1. The van der Waals surface area contributed by atoms with E-state index in [-0.39, 0.29) is 13.2 Å². The van der Waals surface area contributed by atoms with E-state index in [1.807, 2.05) is 31.2 Å². The van der Waals surface area contributed by atoms with Crippen molar-refractivity contribution < 1.29 is 14.6 Å². The quantitative estimate of drug-likeness (QED) is 0.759. The molecule has 2 amide bonds. The van der Waals surface area contributed by atoms with Gasteiger partial charge in [0.15, 0.2) is 0 Å². The number of amides is 2. The van der Waals surface area contributed by atoms with Crippen LogP contribution in [0.25, 0.3) is 0 Å². The van der Waals surface area contributed by atoms with Gasteiger partial charge in [0, 0.05) is 17.3 Å². The Bertz CT molecular complexity index is 664. The zero-order valence-corrected chi connectivity index (χ0v) is 13.5. The monoisotopic (exact) mass is 334 g/mol. The molecule has 2 rings (SSSR count). The first-order valence-electron chi connectivity index (χ1n) is 7.21. The smallest absolute Gasteiger partial charge is 0.319 e. The van der Waals surface area contributed by atoms with Crippen molar-refractivity contribution in [3.05, 3.63) is 59.1 Å². The third-order valence-electron chi connectivity index (χ3n) is 3.11. The summed E-state index contributed by atoms with van der Waals surface area (Å²) >= 11 is 5.84. The highest BCUT2D eigenvalue weighted by molar-refractivity contribution is 6.30. The van der Waals surface area contributed by atoms with Crippen molar-refractivity contribution in [2.24, 2.45) is 0 Å². The van der Waals surface area contributed by atoms with E-state index in [2.05, 4.69) is 10.6 Å². The molecule has 0 aliphatic heterocycles. The molecule has 0 saturated heterocycles. The number of nitrogens with one attached hydrogen (secondary N) is 2. The van der Waals surface area contributed by atoms with E-state index in [0.717, 1.165) is 11.3 Å². The summed E-state index contributed by atoms with van der Waals surface area (Å²) in [6.45, 7) is 2.11. The van der Waals surface area contributed by atoms with Crippen molar-refractivity contribution >= 4 is 23.3 Å². The highest BCUT2D eigenvalue weighted by atomic mass is 35.5. The summed E-state index contributed by atoms with van der Waals surface area (Å²) in [5.41, 5.74) is 1.58. The van der Waals surface area contributed by atoms with Crippen LogP contribution >= 0.6 is 11.6 Å². The Labute approximate surface area is 140 Å². The molecule has 2 aromatic rings. The van der Waals surface area contributed by atoms with Gasteiger partial charge in [0.2, 0.25) is 0 Å². The van der Waals surface area contributed by atoms with Crippen molar-refractivity contribution in [3.8, 4) is 5.75 Å². The molecular formula is C17H19ClN2O3. The average Bonchev–Trinajstić information content (AvgIpc) is 2.52. The third kappa shape index (κ3) is 5.81.